The second-order valence-corrected chi connectivity index (χ2v) is 17.9. The third-order valence-corrected chi connectivity index (χ3v) is 13.4. The summed E-state index contributed by atoms with van der Waals surface area (Å²) in [5, 5.41) is 8.90. The molecular weight excluding hydrogens is 864 g/mol. The number of aliphatic imine (C=N–C) groups is 1. The molecule has 0 radical (unpaired) electrons. The molecule has 3 N–H and O–H groups in total. The van der Waals surface area contributed by atoms with Crippen LogP contribution in [0, 0.1) is 13.8 Å². The molecule has 9 aromatic rings. The van der Waals surface area contributed by atoms with Crippen LogP contribution in [-0.2, 0) is 0 Å². The first kappa shape index (κ1) is 40.1. The quantitative estimate of drug-likeness (QED) is 0.141. The lowest BCUT2D eigenvalue weighted by atomic mass is 9.96. The molecule has 0 atom stereocenters. The molecule has 12 heteroatoms. The van der Waals surface area contributed by atoms with Crippen molar-refractivity contribution in [3.05, 3.63) is 200 Å². The van der Waals surface area contributed by atoms with Crippen LogP contribution in [0.5, 0.6) is 0 Å². The van der Waals surface area contributed by atoms with Crippen LogP contribution in [0.2, 0.25) is 10.0 Å². The van der Waals surface area contributed by atoms with Crippen molar-refractivity contribution in [2.24, 2.45) is 4.99 Å². The monoisotopic (exact) mass is 896 g/mol. The smallest absolute Gasteiger partial charge is 0.257 e. The average molecular weight is 898 g/mol. The fourth-order valence-electron chi connectivity index (χ4n) is 7.78. The van der Waals surface area contributed by atoms with Crippen LogP contribution in [0.3, 0.4) is 0 Å². The number of anilines is 1. The first-order valence-corrected chi connectivity index (χ1v) is 22.4. The number of nitrogens with one attached hydrogen (secondary N) is 3. The number of allylic oxidation sites excluding steroid dienone is 1. The van der Waals surface area contributed by atoms with Crippen LogP contribution in [0.15, 0.2) is 156 Å². The number of benzene rings is 6. The Labute approximate surface area is 380 Å². The maximum atomic E-state index is 14.2. The van der Waals surface area contributed by atoms with E-state index >= 15 is 0 Å². The van der Waals surface area contributed by atoms with Crippen LogP contribution in [0.1, 0.15) is 48.1 Å². The summed E-state index contributed by atoms with van der Waals surface area (Å²) >= 11 is 15.9. The Morgan fingerprint density at radius 3 is 1.71 bits per heavy atom. The van der Waals surface area contributed by atoms with Crippen LogP contribution in [0.4, 0.5) is 5.82 Å². The van der Waals surface area contributed by atoms with Crippen molar-refractivity contribution in [1.29, 1.82) is 0 Å². The topological polar surface area (TPSA) is 112 Å². The summed E-state index contributed by atoms with van der Waals surface area (Å²) in [6.45, 7) is 3.82. The minimum absolute atomic E-state index is 0.276. The summed E-state index contributed by atoms with van der Waals surface area (Å²) in [7, 11) is 0. The van der Waals surface area contributed by atoms with E-state index in [2.05, 4.69) is 15.6 Å². The maximum Gasteiger partial charge on any atom is 0.257 e. The van der Waals surface area contributed by atoms with Crippen LogP contribution < -0.4 is 10.6 Å². The second kappa shape index (κ2) is 16.7. The molecule has 0 unspecified atom stereocenters. The lowest BCUT2D eigenvalue weighted by Gasteiger charge is -2.11. The second-order valence-electron chi connectivity index (χ2n) is 14.9. The molecule has 0 saturated carbocycles. The van der Waals surface area contributed by atoms with E-state index in [0.29, 0.717) is 65.4 Å². The zero-order valence-electron chi connectivity index (χ0n) is 33.7. The van der Waals surface area contributed by atoms with Crippen molar-refractivity contribution in [3.63, 3.8) is 0 Å². The number of aromatic nitrogens is 3. The summed E-state index contributed by atoms with van der Waals surface area (Å²) in [5.41, 5.74) is 10.1. The number of nitrogens with zero attached hydrogens (tertiary/aromatic N) is 3. The average Bonchev–Trinajstić information content (AvgIpc) is 4.07. The lowest BCUT2D eigenvalue weighted by Crippen LogP contribution is -2.31. The van der Waals surface area contributed by atoms with Gasteiger partial charge in [-0.05, 0) is 90.7 Å². The van der Waals surface area contributed by atoms with Gasteiger partial charge in [-0.25, -0.2) is 15.0 Å². The van der Waals surface area contributed by atoms with Gasteiger partial charge in [0.05, 0.1) is 43.0 Å². The van der Waals surface area contributed by atoms with E-state index in [-0.39, 0.29) is 11.8 Å². The summed E-state index contributed by atoms with van der Waals surface area (Å²) in [4.78, 5) is 47.4. The highest BCUT2D eigenvalue weighted by Gasteiger charge is 2.32. The Morgan fingerprint density at radius 2 is 1.11 bits per heavy atom. The first-order chi connectivity index (χ1) is 30.7. The fourth-order valence-corrected chi connectivity index (χ4v) is 10.1. The standard InChI is InChI=1S/C51H34Cl2N6O2S2/c1-28-13-9-11-19-34(28)48(60)58-46-44(50-56-36-25-32(52)21-23-40(36)62-50)42(30-15-5-3-6-16-30)38(54-46)27-39-43(31-17-7-4-8-18-31)45(51-57-37-26-33(53)22-24-41(37)63-51)47(55-39)59-49(61)35-20-12-10-14-29(35)2/h3-27,54H,1-2H3,(H,58,60)(H,55,59,61). The van der Waals surface area contributed by atoms with E-state index in [9.17, 15) is 9.59 Å². The normalized spacial score (nSPS) is 13.3. The number of rotatable bonds is 8. The summed E-state index contributed by atoms with van der Waals surface area (Å²) in [6.07, 6.45) is 1.97. The van der Waals surface area contributed by atoms with E-state index < -0.39 is 0 Å². The zero-order valence-corrected chi connectivity index (χ0v) is 36.8. The van der Waals surface area contributed by atoms with Gasteiger partial charge < -0.3 is 15.6 Å². The Kier molecular flexibility index (Phi) is 10.7. The molecule has 8 nitrogen and oxygen atoms in total. The number of H-pyrrole nitrogens is 1. The molecule has 0 saturated heterocycles. The van der Waals surface area contributed by atoms with Crippen molar-refractivity contribution in [3.8, 4) is 21.7 Å². The number of amidine groups is 1. The number of aromatic amines is 1. The molecule has 63 heavy (non-hydrogen) atoms. The molecule has 0 spiro atoms. The predicted octanol–water partition coefficient (Wildman–Crippen LogP) is 13.5. The van der Waals surface area contributed by atoms with Crippen LogP contribution >= 0.6 is 45.9 Å². The highest BCUT2D eigenvalue weighted by Crippen LogP contribution is 2.47. The number of hydrogen-bond donors (Lipinski definition) is 3. The molecule has 1 aliphatic rings. The van der Waals surface area contributed by atoms with E-state index in [1.165, 1.54) is 22.7 Å². The molecule has 0 fully saturated rings. The number of amides is 2. The summed E-state index contributed by atoms with van der Waals surface area (Å²) in [5.74, 6) is 0.235. The lowest BCUT2D eigenvalue weighted by molar-refractivity contribution is 0.0975. The third-order valence-electron chi connectivity index (χ3n) is 10.8. The molecule has 0 bridgehead atoms. The molecule has 10 rings (SSSR count). The first-order valence-electron chi connectivity index (χ1n) is 20.0. The zero-order chi connectivity index (χ0) is 43.2. The molecule has 0 aliphatic carbocycles. The van der Waals surface area contributed by atoms with Gasteiger partial charge in [-0.15, -0.1) is 22.7 Å². The van der Waals surface area contributed by atoms with E-state index in [0.717, 1.165) is 53.8 Å². The predicted molar refractivity (Wildman–Crippen MR) is 261 cm³/mol. The van der Waals surface area contributed by atoms with Crippen LogP contribution in [-0.4, -0.2) is 32.6 Å². The van der Waals surface area contributed by atoms with Gasteiger partial charge in [-0.2, -0.15) is 0 Å². The Bertz CT molecular complexity index is 3380. The number of carbonyl (C=O) groups is 2. The number of thiazole rings is 2. The van der Waals surface area contributed by atoms with Crippen molar-refractivity contribution in [1.82, 2.24) is 20.3 Å². The Balaban J connectivity index is 1.24. The molecule has 4 heterocycles. The van der Waals surface area contributed by atoms with E-state index in [4.69, 9.17) is 38.2 Å². The van der Waals surface area contributed by atoms with Crippen molar-refractivity contribution in [2.45, 2.75) is 13.8 Å². The summed E-state index contributed by atoms with van der Waals surface area (Å²) < 4.78 is 1.87. The number of hydrogen-bond acceptors (Lipinski definition) is 7. The molecule has 3 aromatic heterocycles. The van der Waals surface area contributed by atoms with Gasteiger partial charge in [-0.3, -0.25) is 9.59 Å². The number of carbonyl (C=O) groups excluding carboxylic acids is 2. The minimum atomic E-state index is -0.300. The maximum absolute atomic E-state index is 14.2. The third kappa shape index (κ3) is 7.79. The molecule has 1 aliphatic heterocycles. The van der Waals surface area contributed by atoms with Gasteiger partial charge in [0, 0.05) is 32.3 Å². The minimum Gasteiger partial charge on any atom is -0.341 e. The summed E-state index contributed by atoms with van der Waals surface area (Å²) in [6, 6.07) is 46.1. The van der Waals surface area contributed by atoms with Gasteiger partial charge in [0.1, 0.15) is 21.7 Å². The number of aryl methyl sites for hydroxylation is 2. The van der Waals surface area contributed by atoms with Gasteiger partial charge in [0.2, 0.25) is 0 Å². The SMILES string of the molecule is Cc1ccccc1C(=O)NC1=NC(=Cc2[nH]c(NC(=O)c3ccccc3C)c(-c3nc4cc(Cl)ccc4s3)c2-c2ccccc2)C(c2ccccc2)=C1c1nc2cc(Cl)ccc2s1. The van der Waals surface area contributed by atoms with E-state index in [1.54, 1.807) is 6.07 Å². The fraction of sp³-hybridized carbons (Fsp3) is 0.0392. The van der Waals surface area contributed by atoms with Gasteiger partial charge in [-0.1, -0.05) is 120 Å². The number of fused-ring (bicyclic) bond motifs is 2. The molecule has 306 valence electrons. The number of halogens is 2. The van der Waals surface area contributed by atoms with Gasteiger partial charge in [0.25, 0.3) is 11.8 Å². The molecule has 2 amide bonds. The van der Waals surface area contributed by atoms with E-state index in [1.807, 2.05) is 159 Å². The highest BCUT2D eigenvalue weighted by atomic mass is 35.5. The van der Waals surface area contributed by atoms with Crippen molar-refractivity contribution < 1.29 is 9.59 Å². The Morgan fingerprint density at radius 1 is 0.587 bits per heavy atom. The molecular formula is C51H34Cl2N6O2S2. The van der Waals surface area contributed by atoms with Gasteiger partial charge >= 0.3 is 0 Å². The molecule has 6 aromatic carbocycles. The van der Waals surface area contributed by atoms with Gasteiger partial charge in [0.15, 0.2) is 0 Å². The Hall–Kier alpha value is -6.95. The van der Waals surface area contributed by atoms with Crippen molar-refractivity contribution in [2.75, 3.05) is 5.32 Å². The van der Waals surface area contributed by atoms with Crippen LogP contribution in [0.25, 0.3) is 59.4 Å². The van der Waals surface area contributed by atoms with Crippen molar-refractivity contribution >= 4 is 107 Å². The largest absolute Gasteiger partial charge is 0.341 e. The highest BCUT2D eigenvalue weighted by molar-refractivity contribution is 7.21.